The average Bonchev–Trinajstić information content (AvgIpc) is 2.75. The molecule has 158 valence electrons. The van der Waals surface area contributed by atoms with E-state index in [0.717, 1.165) is 0 Å². The maximum atomic E-state index is 12.7. The van der Waals surface area contributed by atoms with Crippen molar-refractivity contribution in [3.05, 3.63) is 42.0 Å². The zero-order chi connectivity index (χ0) is 21.4. The first-order valence-corrected chi connectivity index (χ1v) is 10.1. The minimum atomic E-state index is -3.98. The number of anilines is 1. The Kier molecular flexibility index (Phi) is 7.68. The van der Waals surface area contributed by atoms with Gasteiger partial charge < -0.3 is 24.3 Å². The lowest BCUT2D eigenvalue weighted by Gasteiger charge is -2.13. The van der Waals surface area contributed by atoms with E-state index in [4.69, 9.17) is 14.2 Å². The van der Waals surface area contributed by atoms with Gasteiger partial charge in [0, 0.05) is 43.0 Å². The van der Waals surface area contributed by atoms with Crippen molar-refractivity contribution in [2.75, 3.05) is 46.8 Å². The highest BCUT2D eigenvalue weighted by molar-refractivity contribution is 7.89. The van der Waals surface area contributed by atoms with Crippen LogP contribution in [0, 0.1) is 0 Å². The molecule has 9 nitrogen and oxygen atoms in total. The fourth-order valence-electron chi connectivity index (χ4n) is 2.51. The maximum absolute atomic E-state index is 12.7. The molecule has 2 aromatic rings. The summed E-state index contributed by atoms with van der Waals surface area (Å²) in [5, 5.41) is 3.09. The number of sulfonamides is 1. The molecular formula is C19H24N2O7S. The smallest absolute Gasteiger partial charge is 0.339 e. The molecule has 0 unspecified atom stereocenters. The van der Waals surface area contributed by atoms with Crippen molar-refractivity contribution in [2.24, 2.45) is 0 Å². The Bertz CT molecular complexity index is 939. The van der Waals surface area contributed by atoms with Crippen LogP contribution in [0.25, 0.3) is 0 Å². The van der Waals surface area contributed by atoms with E-state index in [2.05, 4.69) is 14.8 Å². The number of hydrogen-bond donors (Lipinski definition) is 2. The van der Waals surface area contributed by atoms with Crippen molar-refractivity contribution in [3.63, 3.8) is 0 Å². The first-order chi connectivity index (χ1) is 13.8. The molecule has 29 heavy (non-hydrogen) atoms. The molecule has 0 atom stereocenters. The van der Waals surface area contributed by atoms with Gasteiger partial charge in [0.25, 0.3) is 0 Å². The Morgan fingerprint density at radius 3 is 2.03 bits per heavy atom. The fourth-order valence-corrected chi connectivity index (χ4v) is 3.75. The van der Waals surface area contributed by atoms with E-state index in [0.29, 0.717) is 22.9 Å². The van der Waals surface area contributed by atoms with E-state index in [1.807, 2.05) is 0 Å². The van der Waals surface area contributed by atoms with Crippen LogP contribution >= 0.6 is 0 Å². The molecule has 0 amide bonds. The summed E-state index contributed by atoms with van der Waals surface area (Å²) in [6.07, 6.45) is 0. The molecule has 2 N–H and O–H groups in total. The molecule has 0 aliphatic rings. The Balaban J connectivity index is 2.10. The molecular weight excluding hydrogens is 400 g/mol. The van der Waals surface area contributed by atoms with E-state index in [1.165, 1.54) is 32.4 Å². The molecule has 0 aliphatic heterocycles. The van der Waals surface area contributed by atoms with Gasteiger partial charge in [-0.2, -0.15) is 0 Å². The zero-order valence-electron chi connectivity index (χ0n) is 16.6. The van der Waals surface area contributed by atoms with Crippen LogP contribution in [-0.4, -0.2) is 55.9 Å². The van der Waals surface area contributed by atoms with Crippen LogP contribution in [0.2, 0.25) is 0 Å². The quantitative estimate of drug-likeness (QED) is 0.439. The number of carbonyl (C=O) groups excluding carboxylic acids is 1. The first-order valence-electron chi connectivity index (χ1n) is 8.57. The number of nitrogens with one attached hydrogen (secondary N) is 2. The molecule has 0 fully saturated rings. The molecule has 0 spiro atoms. The van der Waals surface area contributed by atoms with Crippen molar-refractivity contribution >= 4 is 21.7 Å². The van der Waals surface area contributed by atoms with Crippen LogP contribution in [-0.2, 0) is 14.8 Å². The SMILES string of the molecule is COC(=O)c1ccc(OC)cc1S(=O)(=O)NCCNc1cc(OC)cc(OC)c1. The number of ether oxygens (including phenoxy) is 4. The standard InChI is InChI=1S/C19H24N2O7S/c1-25-14-5-6-17(19(22)28-4)18(12-14)29(23,24)21-8-7-20-13-9-15(26-2)11-16(10-13)27-3/h5-6,9-12,20-21H,7-8H2,1-4H3. The maximum Gasteiger partial charge on any atom is 0.339 e. The molecule has 0 saturated carbocycles. The largest absolute Gasteiger partial charge is 0.497 e. The van der Waals surface area contributed by atoms with Crippen LogP contribution in [0.5, 0.6) is 17.2 Å². The highest BCUT2D eigenvalue weighted by Crippen LogP contribution is 2.26. The lowest BCUT2D eigenvalue weighted by Crippen LogP contribution is -2.30. The molecule has 0 saturated heterocycles. The lowest BCUT2D eigenvalue weighted by molar-refractivity contribution is 0.0596. The number of hydrogen-bond acceptors (Lipinski definition) is 8. The van der Waals surface area contributed by atoms with Gasteiger partial charge in [-0.05, 0) is 12.1 Å². The van der Waals surface area contributed by atoms with Gasteiger partial charge in [0.05, 0.1) is 34.0 Å². The van der Waals surface area contributed by atoms with Gasteiger partial charge >= 0.3 is 5.97 Å². The van der Waals surface area contributed by atoms with Gasteiger partial charge in [-0.1, -0.05) is 0 Å². The van der Waals surface area contributed by atoms with Gasteiger partial charge in [-0.25, -0.2) is 17.9 Å². The summed E-state index contributed by atoms with van der Waals surface area (Å²) in [6, 6.07) is 9.35. The summed E-state index contributed by atoms with van der Waals surface area (Å²) in [5.41, 5.74) is 0.628. The molecule has 0 radical (unpaired) electrons. The van der Waals surface area contributed by atoms with Crippen LogP contribution < -0.4 is 24.2 Å². The molecule has 0 heterocycles. The Labute approximate surface area is 170 Å². The summed E-state index contributed by atoms with van der Waals surface area (Å²) < 4.78 is 48.0. The number of methoxy groups -OCH3 is 4. The lowest BCUT2D eigenvalue weighted by atomic mass is 10.2. The number of carbonyl (C=O) groups is 1. The summed E-state index contributed by atoms with van der Waals surface area (Å²) in [6.45, 7) is 0.354. The second kappa shape index (κ2) is 9.99. The minimum Gasteiger partial charge on any atom is -0.497 e. The van der Waals surface area contributed by atoms with E-state index in [9.17, 15) is 13.2 Å². The highest BCUT2D eigenvalue weighted by atomic mass is 32.2. The third-order valence-electron chi connectivity index (χ3n) is 3.98. The monoisotopic (exact) mass is 424 g/mol. The van der Waals surface area contributed by atoms with Crippen LogP contribution in [0.4, 0.5) is 5.69 Å². The summed E-state index contributed by atoms with van der Waals surface area (Å²) >= 11 is 0. The topological polar surface area (TPSA) is 112 Å². The van der Waals surface area contributed by atoms with Crippen LogP contribution in [0.3, 0.4) is 0 Å². The fraction of sp³-hybridized carbons (Fsp3) is 0.316. The van der Waals surface area contributed by atoms with Gasteiger partial charge in [0.1, 0.15) is 22.1 Å². The average molecular weight is 424 g/mol. The summed E-state index contributed by atoms with van der Waals surface area (Å²) in [5.74, 6) is 0.757. The van der Waals surface area contributed by atoms with Crippen LogP contribution in [0.1, 0.15) is 10.4 Å². The Morgan fingerprint density at radius 1 is 0.862 bits per heavy atom. The number of rotatable bonds is 10. The van der Waals surface area contributed by atoms with Gasteiger partial charge in [0.2, 0.25) is 10.0 Å². The van der Waals surface area contributed by atoms with Crippen molar-refractivity contribution in [1.29, 1.82) is 0 Å². The zero-order valence-corrected chi connectivity index (χ0v) is 17.5. The van der Waals surface area contributed by atoms with E-state index in [1.54, 1.807) is 32.4 Å². The second-order valence-electron chi connectivity index (χ2n) is 5.78. The Hall–Kier alpha value is -2.98. The van der Waals surface area contributed by atoms with Crippen molar-refractivity contribution in [1.82, 2.24) is 4.72 Å². The number of esters is 1. The summed E-state index contributed by atoms with van der Waals surface area (Å²) in [7, 11) is 1.69. The molecule has 2 rings (SSSR count). The highest BCUT2D eigenvalue weighted by Gasteiger charge is 2.23. The van der Waals surface area contributed by atoms with Gasteiger partial charge in [0.15, 0.2) is 0 Å². The normalized spacial score (nSPS) is 10.9. The van der Waals surface area contributed by atoms with Crippen molar-refractivity contribution in [3.8, 4) is 17.2 Å². The van der Waals surface area contributed by atoms with Crippen molar-refractivity contribution in [2.45, 2.75) is 4.90 Å². The molecule has 0 aliphatic carbocycles. The molecule has 0 bridgehead atoms. The second-order valence-corrected chi connectivity index (χ2v) is 7.51. The van der Waals surface area contributed by atoms with Gasteiger partial charge in [-0.3, -0.25) is 0 Å². The first kappa shape index (κ1) is 22.3. The van der Waals surface area contributed by atoms with Crippen LogP contribution in [0.15, 0.2) is 41.3 Å². The van der Waals surface area contributed by atoms with E-state index < -0.39 is 16.0 Å². The third kappa shape index (κ3) is 5.75. The minimum absolute atomic E-state index is 0.0691. The van der Waals surface area contributed by atoms with Crippen molar-refractivity contribution < 1.29 is 32.2 Å². The molecule has 2 aromatic carbocycles. The van der Waals surface area contributed by atoms with E-state index in [-0.39, 0.29) is 23.5 Å². The summed E-state index contributed by atoms with van der Waals surface area (Å²) in [4.78, 5) is 11.7. The predicted molar refractivity (Wildman–Crippen MR) is 108 cm³/mol. The molecule has 0 aromatic heterocycles. The predicted octanol–water partition coefficient (Wildman–Crippen LogP) is 1.89. The van der Waals surface area contributed by atoms with Gasteiger partial charge in [-0.15, -0.1) is 0 Å². The molecule has 10 heteroatoms. The number of benzene rings is 2. The third-order valence-corrected chi connectivity index (χ3v) is 5.48. The Morgan fingerprint density at radius 2 is 1.48 bits per heavy atom. The van der Waals surface area contributed by atoms with E-state index >= 15 is 0 Å².